The van der Waals surface area contributed by atoms with Crippen LogP contribution in [0.5, 0.6) is 0 Å². The van der Waals surface area contributed by atoms with E-state index in [2.05, 4.69) is 4.98 Å². The molecule has 0 spiro atoms. The first-order valence-electron chi connectivity index (χ1n) is 10.9. The van der Waals surface area contributed by atoms with Gasteiger partial charge in [0.25, 0.3) is 5.91 Å². The standard InChI is InChI=1S/C26H21FN2O5S/c1-15-8-11-19(34-15)23(30)21-22(16-6-4-3-5-7-16)29(25(31)24(21)33-13-12-32-2)26-28-18-10-9-17(27)14-20(18)35-26/h3-11,14,22H,12-13H2,1-2H3. The number of hydrogen-bond acceptors (Lipinski definition) is 7. The van der Waals surface area contributed by atoms with Crippen molar-refractivity contribution >= 4 is 38.4 Å². The first kappa shape index (κ1) is 22.9. The van der Waals surface area contributed by atoms with E-state index in [0.717, 1.165) is 0 Å². The van der Waals surface area contributed by atoms with E-state index in [9.17, 15) is 14.0 Å². The fourth-order valence-electron chi connectivity index (χ4n) is 4.02. The van der Waals surface area contributed by atoms with Gasteiger partial charge in [-0.15, -0.1) is 0 Å². The predicted molar refractivity (Wildman–Crippen MR) is 129 cm³/mol. The van der Waals surface area contributed by atoms with Crippen LogP contribution in [0.25, 0.3) is 10.2 Å². The molecule has 0 N–H and O–H groups in total. The third-order valence-electron chi connectivity index (χ3n) is 5.59. The second-order valence-electron chi connectivity index (χ2n) is 7.92. The van der Waals surface area contributed by atoms with Crippen LogP contribution >= 0.6 is 11.3 Å². The fraction of sp³-hybridized carbons (Fsp3) is 0.192. The monoisotopic (exact) mass is 492 g/mol. The summed E-state index contributed by atoms with van der Waals surface area (Å²) in [7, 11) is 1.52. The van der Waals surface area contributed by atoms with Crippen LogP contribution in [0.2, 0.25) is 0 Å². The van der Waals surface area contributed by atoms with E-state index in [-0.39, 0.29) is 30.3 Å². The maximum atomic E-state index is 13.8. The number of thiazole rings is 1. The quantitative estimate of drug-likeness (QED) is 0.248. The Balaban J connectivity index is 1.68. The zero-order chi connectivity index (χ0) is 24.5. The lowest BCUT2D eigenvalue weighted by atomic mass is 9.95. The molecule has 35 heavy (non-hydrogen) atoms. The van der Waals surface area contributed by atoms with Crippen molar-refractivity contribution in [3.05, 3.63) is 94.9 Å². The second kappa shape index (κ2) is 9.44. The molecule has 0 radical (unpaired) electrons. The minimum atomic E-state index is -0.815. The third kappa shape index (κ3) is 4.24. The number of carbonyl (C=O) groups is 2. The van der Waals surface area contributed by atoms with Crippen LogP contribution in [0, 0.1) is 12.7 Å². The molecule has 0 aliphatic carbocycles. The number of amides is 1. The number of hydrogen-bond donors (Lipinski definition) is 0. The SMILES string of the molecule is COCCOC1=C(C(=O)c2ccc(C)o2)C(c2ccccc2)N(c2nc3ccc(F)cc3s2)C1=O. The first-order valence-corrected chi connectivity index (χ1v) is 11.7. The van der Waals surface area contributed by atoms with Gasteiger partial charge in [0, 0.05) is 7.11 Å². The smallest absolute Gasteiger partial charge is 0.296 e. The summed E-state index contributed by atoms with van der Waals surface area (Å²) in [5.41, 5.74) is 1.40. The summed E-state index contributed by atoms with van der Waals surface area (Å²) in [5, 5.41) is 0.329. The van der Waals surface area contributed by atoms with Gasteiger partial charge >= 0.3 is 0 Å². The number of rotatable bonds is 8. The Bertz CT molecular complexity index is 1440. The van der Waals surface area contributed by atoms with Crippen molar-refractivity contribution in [1.82, 2.24) is 4.98 Å². The Labute approximate surface area is 204 Å². The minimum Gasteiger partial charge on any atom is -0.485 e. The van der Waals surface area contributed by atoms with Gasteiger partial charge in [0.15, 0.2) is 16.7 Å². The van der Waals surface area contributed by atoms with Crippen molar-refractivity contribution in [3.63, 3.8) is 0 Å². The number of ketones is 1. The van der Waals surface area contributed by atoms with Crippen LogP contribution in [0.3, 0.4) is 0 Å². The van der Waals surface area contributed by atoms with Gasteiger partial charge in [-0.25, -0.2) is 9.37 Å². The normalized spacial score (nSPS) is 15.9. The molecule has 3 heterocycles. The van der Waals surface area contributed by atoms with Crippen LogP contribution in [0.4, 0.5) is 9.52 Å². The van der Waals surface area contributed by atoms with Crippen LogP contribution in [-0.2, 0) is 14.3 Å². The van der Waals surface area contributed by atoms with E-state index in [1.165, 1.54) is 35.5 Å². The van der Waals surface area contributed by atoms with Crippen molar-refractivity contribution in [3.8, 4) is 0 Å². The summed E-state index contributed by atoms with van der Waals surface area (Å²) in [6.07, 6.45) is 0. The maximum absolute atomic E-state index is 13.8. The molecule has 0 fully saturated rings. The molecule has 7 nitrogen and oxygen atoms in total. The molecule has 1 amide bonds. The van der Waals surface area contributed by atoms with E-state index in [4.69, 9.17) is 13.9 Å². The van der Waals surface area contributed by atoms with Crippen LogP contribution in [0.15, 0.2) is 76.4 Å². The Hall–Kier alpha value is -3.82. The number of carbonyl (C=O) groups excluding carboxylic acids is 2. The number of fused-ring (bicyclic) bond motifs is 1. The highest BCUT2D eigenvalue weighted by atomic mass is 32.1. The first-order chi connectivity index (χ1) is 17.0. The van der Waals surface area contributed by atoms with E-state index in [0.29, 0.717) is 26.7 Å². The van der Waals surface area contributed by atoms with Gasteiger partial charge in [-0.2, -0.15) is 0 Å². The van der Waals surface area contributed by atoms with Gasteiger partial charge in [0.1, 0.15) is 18.2 Å². The molecular weight excluding hydrogens is 471 g/mol. The molecule has 9 heteroatoms. The summed E-state index contributed by atoms with van der Waals surface area (Å²) in [6.45, 7) is 2.04. The largest absolute Gasteiger partial charge is 0.485 e. The lowest BCUT2D eigenvalue weighted by Gasteiger charge is -2.24. The van der Waals surface area contributed by atoms with Gasteiger partial charge in [0.2, 0.25) is 5.78 Å². The van der Waals surface area contributed by atoms with Crippen LogP contribution < -0.4 is 4.90 Å². The van der Waals surface area contributed by atoms with Gasteiger partial charge in [-0.05, 0) is 42.8 Å². The molecular formula is C26H21FN2O5S. The van der Waals surface area contributed by atoms with Crippen molar-refractivity contribution in [2.24, 2.45) is 0 Å². The number of methoxy groups -OCH3 is 1. The van der Waals surface area contributed by atoms with Crippen molar-refractivity contribution in [2.75, 3.05) is 25.2 Å². The molecule has 2 aromatic heterocycles. The molecule has 0 bridgehead atoms. The summed E-state index contributed by atoms with van der Waals surface area (Å²) >= 11 is 1.17. The van der Waals surface area contributed by atoms with Gasteiger partial charge < -0.3 is 13.9 Å². The molecule has 1 atom stereocenters. The average molecular weight is 493 g/mol. The number of nitrogens with zero attached hydrogens (tertiary/aromatic N) is 2. The molecule has 0 saturated carbocycles. The Kier molecular flexibility index (Phi) is 6.19. The molecule has 5 rings (SSSR count). The number of furan rings is 1. The van der Waals surface area contributed by atoms with Crippen LogP contribution in [0.1, 0.15) is 27.9 Å². The molecule has 1 aliphatic rings. The number of aryl methyl sites for hydroxylation is 1. The Morgan fingerprint density at radius 2 is 1.94 bits per heavy atom. The average Bonchev–Trinajstić information content (AvgIpc) is 3.55. The Morgan fingerprint density at radius 3 is 2.66 bits per heavy atom. The molecule has 4 aromatic rings. The molecule has 1 unspecified atom stereocenters. The third-order valence-corrected chi connectivity index (χ3v) is 6.61. The van der Waals surface area contributed by atoms with Crippen molar-refractivity contribution in [1.29, 1.82) is 0 Å². The van der Waals surface area contributed by atoms with E-state index >= 15 is 0 Å². The molecule has 178 valence electrons. The number of anilines is 1. The predicted octanol–water partition coefficient (Wildman–Crippen LogP) is 5.22. The summed E-state index contributed by atoms with van der Waals surface area (Å²) in [6, 6.07) is 15.9. The van der Waals surface area contributed by atoms with E-state index in [1.54, 1.807) is 25.1 Å². The van der Waals surface area contributed by atoms with Crippen molar-refractivity contribution in [2.45, 2.75) is 13.0 Å². The number of Topliss-reactive ketones (excluding diaryl/α,β-unsaturated/α-hetero) is 1. The zero-order valence-corrected chi connectivity index (χ0v) is 19.8. The highest BCUT2D eigenvalue weighted by molar-refractivity contribution is 7.22. The fourth-order valence-corrected chi connectivity index (χ4v) is 5.03. The maximum Gasteiger partial charge on any atom is 0.296 e. The highest BCUT2D eigenvalue weighted by Crippen LogP contribution is 2.45. The second-order valence-corrected chi connectivity index (χ2v) is 8.93. The Morgan fingerprint density at radius 1 is 1.14 bits per heavy atom. The van der Waals surface area contributed by atoms with E-state index in [1.807, 2.05) is 30.3 Å². The van der Waals surface area contributed by atoms with Gasteiger partial charge in [0.05, 0.1) is 28.4 Å². The van der Waals surface area contributed by atoms with Crippen LogP contribution in [-0.4, -0.2) is 37.0 Å². The zero-order valence-electron chi connectivity index (χ0n) is 19.0. The number of ether oxygens (including phenoxy) is 2. The molecule has 0 saturated heterocycles. The minimum absolute atomic E-state index is 0.0753. The molecule has 1 aliphatic heterocycles. The topological polar surface area (TPSA) is 81.9 Å². The number of benzene rings is 2. The highest BCUT2D eigenvalue weighted by Gasteiger charge is 2.47. The lowest BCUT2D eigenvalue weighted by Crippen LogP contribution is -2.31. The van der Waals surface area contributed by atoms with Crippen molar-refractivity contribution < 1.29 is 27.9 Å². The molecule has 2 aromatic carbocycles. The van der Waals surface area contributed by atoms with Gasteiger partial charge in [-0.3, -0.25) is 14.5 Å². The number of halogens is 1. The lowest BCUT2D eigenvalue weighted by molar-refractivity contribution is -0.118. The summed E-state index contributed by atoms with van der Waals surface area (Å²) in [5.74, 6) is -0.775. The summed E-state index contributed by atoms with van der Waals surface area (Å²) < 4.78 is 30.9. The summed E-state index contributed by atoms with van der Waals surface area (Å²) in [4.78, 5) is 33.5. The number of aromatic nitrogens is 1. The van der Waals surface area contributed by atoms with Gasteiger partial charge in [-0.1, -0.05) is 41.7 Å². The van der Waals surface area contributed by atoms with E-state index < -0.39 is 23.5 Å².